The normalized spacial score (nSPS) is 33.0. The van der Waals surface area contributed by atoms with Crippen molar-refractivity contribution in [3.8, 4) is 0 Å². The van der Waals surface area contributed by atoms with Gasteiger partial charge in [-0.2, -0.15) is 0 Å². The summed E-state index contributed by atoms with van der Waals surface area (Å²) in [6.45, 7) is 5.01. The number of rotatable bonds is 9. The third kappa shape index (κ3) is 6.19. The molecule has 238 valence electrons. The molecule has 1 aromatic carbocycles. The number of allylic oxidation sites excluding steroid dienone is 1. The molecule has 2 N–H and O–H groups in total. The molecule has 0 radical (unpaired) electrons. The van der Waals surface area contributed by atoms with Crippen LogP contribution in [0.25, 0.3) is 0 Å². The number of hydrogen-bond acceptors (Lipinski definition) is 7. The van der Waals surface area contributed by atoms with Crippen LogP contribution in [0.1, 0.15) is 70.5 Å². The lowest BCUT2D eigenvalue weighted by Gasteiger charge is -2.36. The molecule has 10 heteroatoms. The second-order valence-electron chi connectivity index (χ2n) is 12.3. The minimum atomic E-state index is -1.29. The number of likely N-dealkylation sites (tertiary alicyclic amines) is 1. The maximum Gasteiger partial charge on any atom is 0.313 e. The number of fused-ring (bicyclic) bond motifs is 2. The van der Waals surface area contributed by atoms with E-state index in [-0.39, 0.29) is 37.3 Å². The van der Waals surface area contributed by atoms with Crippen molar-refractivity contribution in [2.45, 2.75) is 88.7 Å². The number of hydrogen-bond donors (Lipinski definition) is 2. The lowest BCUT2D eigenvalue weighted by molar-refractivity contribution is -0.161. The summed E-state index contributed by atoms with van der Waals surface area (Å²) < 4.78 is 12.7. The fourth-order valence-electron chi connectivity index (χ4n) is 7.11. The molecule has 1 spiro atoms. The van der Waals surface area contributed by atoms with Crippen molar-refractivity contribution >= 4 is 23.7 Å². The summed E-state index contributed by atoms with van der Waals surface area (Å²) in [6.07, 6.45) is 10.4. The summed E-state index contributed by atoms with van der Waals surface area (Å²) in [4.78, 5) is 59.0. The third-order valence-corrected chi connectivity index (χ3v) is 9.27. The van der Waals surface area contributed by atoms with E-state index in [1.807, 2.05) is 48.6 Å². The monoisotopic (exact) mass is 607 g/mol. The lowest BCUT2D eigenvalue weighted by Crippen LogP contribution is -2.56. The highest BCUT2D eigenvalue weighted by Crippen LogP contribution is 2.56. The number of nitrogens with one attached hydrogen (secondary N) is 1. The SMILES string of the molecule is CCCCCN1C/C=C\CCC(=O)N[C@H](C)[C@@H](c2ccccc2)OC(=O)[C@@H]2[C@@H]3C=C[C@]4(O3)[C@H](C1=O)N(CCCCO)C(=O)[C@@H]24. The van der Waals surface area contributed by atoms with E-state index >= 15 is 0 Å². The number of ether oxygens (including phenoxy) is 2. The second-order valence-corrected chi connectivity index (χ2v) is 12.3. The predicted octanol–water partition coefficient (Wildman–Crippen LogP) is 3.07. The quantitative estimate of drug-likeness (QED) is 0.251. The molecule has 3 amide bonds. The van der Waals surface area contributed by atoms with E-state index in [0.717, 1.165) is 24.8 Å². The first-order valence-corrected chi connectivity index (χ1v) is 16.1. The van der Waals surface area contributed by atoms with Gasteiger partial charge >= 0.3 is 5.97 Å². The van der Waals surface area contributed by atoms with Gasteiger partial charge in [0.1, 0.15) is 23.7 Å². The van der Waals surface area contributed by atoms with Crippen molar-refractivity contribution in [1.82, 2.24) is 15.1 Å². The Morgan fingerprint density at radius 1 is 1.00 bits per heavy atom. The Kier molecular flexibility index (Phi) is 10.2. The van der Waals surface area contributed by atoms with Gasteiger partial charge in [-0.3, -0.25) is 19.2 Å². The fourth-order valence-corrected chi connectivity index (χ4v) is 7.11. The van der Waals surface area contributed by atoms with Crippen LogP contribution in [0.15, 0.2) is 54.6 Å². The molecule has 2 fully saturated rings. The van der Waals surface area contributed by atoms with Gasteiger partial charge in [-0.25, -0.2) is 0 Å². The molecule has 5 bridgehead atoms. The molecule has 1 aromatic rings. The van der Waals surface area contributed by atoms with E-state index < -0.39 is 47.7 Å². The molecule has 44 heavy (non-hydrogen) atoms. The highest BCUT2D eigenvalue weighted by molar-refractivity contribution is 5.99. The molecule has 7 atom stereocenters. The van der Waals surface area contributed by atoms with Gasteiger partial charge < -0.3 is 29.7 Å². The number of esters is 1. The molecule has 0 aliphatic carbocycles. The molecule has 2 saturated heterocycles. The molecule has 10 nitrogen and oxygen atoms in total. The number of unbranched alkanes of at least 4 members (excludes halogenated alkanes) is 3. The smallest absolute Gasteiger partial charge is 0.313 e. The zero-order valence-electron chi connectivity index (χ0n) is 25.7. The first-order valence-electron chi connectivity index (χ1n) is 16.1. The summed E-state index contributed by atoms with van der Waals surface area (Å²) in [5, 5.41) is 12.4. The Bertz CT molecular complexity index is 1270. The summed E-state index contributed by atoms with van der Waals surface area (Å²) in [6, 6.07) is 7.77. The lowest BCUT2D eigenvalue weighted by atomic mass is 9.74. The fraction of sp³-hybridized carbons (Fsp3) is 0.588. The van der Waals surface area contributed by atoms with Crippen molar-refractivity contribution in [1.29, 1.82) is 0 Å². The topological polar surface area (TPSA) is 125 Å². The van der Waals surface area contributed by atoms with Gasteiger partial charge in [0.05, 0.1) is 18.1 Å². The highest BCUT2D eigenvalue weighted by Gasteiger charge is 2.73. The molecule has 0 aromatic heterocycles. The number of amides is 3. The number of carbonyl (C=O) groups is 4. The van der Waals surface area contributed by atoms with Crippen LogP contribution in [0.4, 0.5) is 0 Å². The van der Waals surface area contributed by atoms with Crippen LogP contribution in [0, 0.1) is 11.8 Å². The third-order valence-electron chi connectivity index (χ3n) is 9.27. The van der Waals surface area contributed by atoms with Gasteiger partial charge in [0.15, 0.2) is 0 Å². The number of cyclic esters (lactones) is 1. The minimum Gasteiger partial charge on any atom is -0.455 e. The molecular formula is C34H45N3O7. The summed E-state index contributed by atoms with van der Waals surface area (Å²) in [7, 11) is 0. The number of nitrogens with zero attached hydrogens (tertiary/aromatic N) is 2. The molecule has 4 aliphatic rings. The van der Waals surface area contributed by atoms with Crippen molar-refractivity contribution in [2.75, 3.05) is 26.2 Å². The number of aliphatic hydroxyl groups excluding tert-OH is 1. The minimum absolute atomic E-state index is 0.0216. The van der Waals surface area contributed by atoms with Crippen LogP contribution in [0.2, 0.25) is 0 Å². The van der Waals surface area contributed by atoms with Crippen LogP contribution < -0.4 is 5.32 Å². The Morgan fingerprint density at radius 2 is 1.77 bits per heavy atom. The number of aliphatic hydroxyl groups is 1. The molecule has 0 saturated carbocycles. The Morgan fingerprint density at radius 3 is 2.52 bits per heavy atom. The predicted molar refractivity (Wildman–Crippen MR) is 163 cm³/mol. The van der Waals surface area contributed by atoms with Crippen molar-refractivity contribution < 1.29 is 33.8 Å². The van der Waals surface area contributed by atoms with E-state index in [1.165, 1.54) is 0 Å². The van der Waals surface area contributed by atoms with E-state index in [9.17, 15) is 24.3 Å². The average molecular weight is 608 g/mol. The average Bonchev–Trinajstić information content (AvgIpc) is 3.66. The first kappa shape index (κ1) is 31.9. The van der Waals surface area contributed by atoms with Gasteiger partial charge in [0, 0.05) is 32.7 Å². The first-order chi connectivity index (χ1) is 21.3. The highest BCUT2D eigenvalue weighted by atomic mass is 16.6. The van der Waals surface area contributed by atoms with Crippen LogP contribution in [0.5, 0.6) is 0 Å². The molecular weight excluding hydrogens is 562 g/mol. The largest absolute Gasteiger partial charge is 0.455 e. The maximum atomic E-state index is 14.5. The summed E-state index contributed by atoms with van der Waals surface area (Å²) in [5.74, 6) is -3.15. The van der Waals surface area contributed by atoms with Crippen LogP contribution in [0.3, 0.4) is 0 Å². The van der Waals surface area contributed by atoms with Gasteiger partial charge in [-0.15, -0.1) is 0 Å². The van der Waals surface area contributed by atoms with E-state index in [0.29, 0.717) is 32.4 Å². The molecule has 4 heterocycles. The van der Waals surface area contributed by atoms with Crippen molar-refractivity contribution in [2.24, 2.45) is 11.8 Å². The maximum absolute atomic E-state index is 14.5. The van der Waals surface area contributed by atoms with Crippen LogP contribution in [-0.4, -0.2) is 88.6 Å². The van der Waals surface area contributed by atoms with E-state index in [2.05, 4.69) is 12.2 Å². The molecule has 4 aliphatic heterocycles. The van der Waals surface area contributed by atoms with Crippen molar-refractivity contribution in [3.05, 3.63) is 60.2 Å². The van der Waals surface area contributed by atoms with Crippen LogP contribution in [-0.2, 0) is 28.7 Å². The zero-order chi connectivity index (χ0) is 31.3. The Hall–Kier alpha value is -3.50. The van der Waals surface area contributed by atoms with E-state index in [4.69, 9.17) is 9.47 Å². The zero-order valence-corrected chi connectivity index (χ0v) is 25.7. The molecule has 0 unspecified atom stereocenters. The van der Waals surface area contributed by atoms with Gasteiger partial charge in [0.25, 0.3) is 0 Å². The van der Waals surface area contributed by atoms with Gasteiger partial charge in [-0.05, 0) is 38.2 Å². The second kappa shape index (κ2) is 14.1. The Labute approximate surface area is 259 Å². The summed E-state index contributed by atoms with van der Waals surface area (Å²) in [5.41, 5.74) is -0.565. The van der Waals surface area contributed by atoms with Crippen LogP contribution >= 0.6 is 0 Å². The molecule has 5 rings (SSSR count). The summed E-state index contributed by atoms with van der Waals surface area (Å²) >= 11 is 0. The van der Waals surface area contributed by atoms with Gasteiger partial charge in [-0.1, -0.05) is 74.4 Å². The Balaban J connectivity index is 1.54. The van der Waals surface area contributed by atoms with E-state index in [1.54, 1.807) is 22.8 Å². The number of carbonyl (C=O) groups excluding carboxylic acids is 4. The van der Waals surface area contributed by atoms with Gasteiger partial charge in [0.2, 0.25) is 17.7 Å². The number of benzene rings is 1. The van der Waals surface area contributed by atoms with Crippen molar-refractivity contribution in [3.63, 3.8) is 0 Å². The standard InChI is InChI=1S/C34H45N3O7/c1-3-4-10-19-36-20-11-6-9-16-26(39)35-23(2)29(24-14-7-5-8-15-24)43-33(42)27-25-17-18-34(44-25)28(27)31(40)37(21-12-13-22-38)30(34)32(36)41/h5-8,11,14-15,17-18,23,25,27-30,38H,3-4,9-10,12-13,16,19-22H2,1-2H3,(H,35,39)/b11-6-/t23-,25+,27-,28-,29+,30+,34-/m1/s1.